The van der Waals surface area contributed by atoms with Crippen LogP contribution in [0.2, 0.25) is 0 Å². The topological polar surface area (TPSA) is 78.7 Å². The van der Waals surface area contributed by atoms with Crippen molar-refractivity contribution in [1.82, 2.24) is 4.90 Å². The number of amides is 2. The van der Waals surface area contributed by atoms with Crippen molar-refractivity contribution in [3.8, 4) is 0 Å². The summed E-state index contributed by atoms with van der Waals surface area (Å²) in [6.45, 7) is 1.11. The molecule has 2 aliphatic rings. The molecule has 0 aromatic heterocycles. The normalized spacial score (nSPS) is 19.5. The van der Waals surface area contributed by atoms with Crippen LogP contribution in [0.1, 0.15) is 24.8 Å². The Hall–Kier alpha value is -3.30. The van der Waals surface area contributed by atoms with Crippen LogP contribution >= 0.6 is 0 Å². The average molecular weight is 478 g/mol. The van der Waals surface area contributed by atoms with Crippen molar-refractivity contribution in [3.63, 3.8) is 0 Å². The van der Waals surface area contributed by atoms with Gasteiger partial charge in [0.05, 0.1) is 17.5 Å². The van der Waals surface area contributed by atoms with Gasteiger partial charge in [0.1, 0.15) is 5.82 Å². The summed E-state index contributed by atoms with van der Waals surface area (Å²) in [6.07, 6.45) is -3.91. The van der Waals surface area contributed by atoms with Crippen molar-refractivity contribution in [3.05, 3.63) is 53.8 Å². The van der Waals surface area contributed by atoms with Crippen molar-refractivity contribution in [2.24, 2.45) is 17.6 Å². The second-order valence-electron chi connectivity index (χ2n) is 8.87. The Morgan fingerprint density at radius 2 is 1.76 bits per heavy atom. The van der Waals surface area contributed by atoms with Gasteiger partial charge in [-0.1, -0.05) is 6.07 Å². The minimum Gasteiger partial charge on any atom is -0.372 e. The van der Waals surface area contributed by atoms with Crippen LogP contribution in [-0.2, 0) is 16.1 Å². The van der Waals surface area contributed by atoms with Crippen molar-refractivity contribution < 1.29 is 27.2 Å². The van der Waals surface area contributed by atoms with Gasteiger partial charge in [-0.05, 0) is 54.8 Å². The summed E-state index contributed by atoms with van der Waals surface area (Å²) >= 11 is 0. The zero-order valence-electron chi connectivity index (χ0n) is 18.4. The molecular weight excluding hydrogens is 452 g/mol. The molecule has 3 N–H and O–H groups in total. The molecule has 0 saturated carbocycles. The van der Waals surface area contributed by atoms with Crippen LogP contribution in [0.5, 0.6) is 0 Å². The molecule has 4 rings (SSSR count). The number of halogens is 4. The smallest absolute Gasteiger partial charge is 0.372 e. The van der Waals surface area contributed by atoms with E-state index >= 15 is 0 Å². The first-order valence-electron chi connectivity index (χ1n) is 11.1. The fourth-order valence-corrected chi connectivity index (χ4v) is 4.47. The minimum atomic E-state index is -4.14. The number of carbonyl (C=O) groups excluding carboxylic acids is 2. The number of carbonyl (C=O) groups is 2. The number of primary amides is 1. The van der Waals surface area contributed by atoms with Gasteiger partial charge in [0.2, 0.25) is 11.8 Å². The van der Waals surface area contributed by atoms with Crippen LogP contribution in [0, 0.1) is 17.7 Å². The summed E-state index contributed by atoms with van der Waals surface area (Å²) in [6, 6.07) is 11.7. The molecule has 10 heteroatoms. The van der Waals surface area contributed by atoms with Gasteiger partial charge in [0.25, 0.3) is 0 Å². The zero-order valence-corrected chi connectivity index (χ0v) is 18.4. The van der Waals surface area contributed by atoms with Gasteiger partial charge in [-0.3, -0.25) is 9.59 Å². The highest BCUT2D eigenvalue weighted by atomic mass is 19.4. The molecular formula is C24H26F4N4O2. The van der Waals surface area contributed by atoms with E-state index in [4.69, 9.17) is 5.73 Å². The Morgan fingerprint density at radius 3 is 2.32 bits per heavy atom. The van der Waals surface area contributed by atoms with Crippen LogP contribution in [0.3, 0.4) is 0 Å². The van der Waals surface area contributed by atoms with Crippen molar-refractivity contribution in [2.45, 2.75) is 32.0 Å². The molecule has 1 unspecified atom stereocenters. The summed E-state index contributed by atoms with van der Waals surface area (Å²) < 4.78 is 53.3. The summed E-state index contributed by atoms with van der Waals surface area (Å²) in [5.74, 6) is -2.96. The fourth-order valence-electron chi connectivity index (χ4n) is 4.47. The second kappa shape index (κ2) is 9.52. The number of nitrogens with zero attached hydrogens (tertiary/aromatic N) is 2. The number of alkyl halides is 3. The van der Waals surface area contributed by atoms with Crippen molar-refractivity contribution >= 4 is 28.9 Å². The van der Waals surface area contributed by atoms with Crippen molar-refractivity contribution in [2.75, 3.05) is 29.9 Å². The number of nitrogens with two attached hydrogens (primary N) is 1. The van der Waals surface area contributed by atoms with Crippen LogP contribution in [0.25, 0.3) is 0 Å². The number of likely N-dealkylation sites (tertiary alicyclic amines) is 1. The summed E-state index contributed by atoms with van der Waals surface area (Å²) in [4.78, 5) is 26.8. The van der Waals surface area contributed by atoms with Gasteiger partial charge < -0.3 is 20.9 Å². The second-order valence-corrected chi connectivity index (χ2v) is 8.87. The molecule has 6 nitrogen and oxygen atoms in total. The van der Waals surface area contributed by atoms with Crippen LogP contribution < -0.4 is 16.0 Å². The Kier molecular flexibility index (Phi) is 6.67. The lowest BCUT2D eigenvalue weighted by molar-refractivity contribution is -0.179. The van der Waals surface area contributed by atoms with E-state index in [2.05, 4.69) is 5.32 Å². The number of hydrogen-bond donors (Lipinski definition) is 2. The Morgan fingerprint density at radius 1 is 1.09 bits per heavy atom. The van der Waals surface area contributed by atoms with E-state index in [1.54, 1.807) is 36.4 Å². The van der Waals surface area contributed by atoms with Gasteiger partial charge in [0, 0.05) is 44.0 Å². The first-order valence-corrected chi connectivity index (χ1v) is 11.1. The van der Waals surface area contributed by atoms with Gasteiger partial charge in [0.15, 0.2) is 0 Å². The molecule has 1 atom stereocenters. The Balaban J connectivity index is 1.34. The predicted molar refractivity (Wildman–Crippen MR) is 120 cm³/mol. The summed E-state index contributed by atoms with van der Waals surface area (Å²) in [5.41, 5.74) is 7.59. The molecule has 2 aromatic carbocycles. The fraction of sp³-hybridized carbons (Fsp3) is 0.417. The molecule has 2 amide bonds. The van der Waals surface area contributed by atoms with E-state index in [1.807, 2.05) is 4.90 Å². The van der Waals surface area contributed by atoms with Gasteiger partial charge in [-0.25, -0.2) is 4.39 Å². The maximum atomic E-state index is 14.7. The van der Waals surface area contributed by atoms with E-state index in [-0.39, 0.29) is 43.9 Å². The minimum absolute atomic E-state index is 0.0767. The highest BCUT2D eigenvalue weighted by molar-refractivity contribution is 5.88. The third kappa shape index (κ3) is 5.43. The van der Waals surface area contributed by atoms with Crippen molar-refractivity contribution in [1.29, 1.82) is 0 Å². The first kappa shape index (κ1) is 23.8. The molecule has 0 spiro atoms. The lowest BCUT2D eigenvalue weighted by Gasteiger charge is -2.34. The average Bonchev–Trinajstić information content (AvgIpc) is 3.16. The Labute approximate surface area is 194 Å². The van der Waals surface area contributed by atoms with Crippen LogP contribution in [-0.4, -0.2) is 42.5 Å². The van der Waals surface area contributed by atoms with E-state index in [0.29, 0.717) is 24.3 Å². The highest BCUT2D eigenvalue weighted by Crippen LogP contribution is 2.35. The molecule has 2 aromatic rings. The SMILES string of the molecule is NC(=O)C1CC(=O)N(Cc2ccc(Nc3ccc(N4CCC(C(F)(F)F)CC4)cc3)c(F)c2)C1. The molecule has 182 valence electrons. The van der Waals surface area contributed by atoms with E-state index < -0.39 is 29.7 Å². The predicted octanol–water partition coefficient (Wildman–Crippen LogP) is 4.18. The van der Waals surface area contributed by atoms with Gasteiger partial charge in [-0.15, -0.1) is 0 Å². The molecule has 2 heterocycles. The summed E-state index contributed by atoms with van der Waals surface area (Å²) in [7, 11) is 0. The molecule has 2 aliphatic heterocycles. The standard InChI is InChI=1S/C24H26F4N4O2/c25-20-11-15(13-32-14-16(23(29)34)12-22(32)33)1-6-21(20)30-18-2-4-19(5-3-18)31-9-7-17(8-10-31)24(26,27)28/h1-6,11,16-17,30H,7-10,12-14H2,(H2,29,34). The first-order chi connectivity index (χ1) is 16.1. The number of piperidine rings is 1. The van der Waals surface area contributed by atoms with Gasteiger partial charge in [-0.2, -0.15) is 13.2 Å². The third-order valence-corrected chi connectivity index (χ3v) is 6.49. The molecule has 34 heavy (non-hydrogen) atoms. The maximum Gasteiger partial charge on any atom is 0.391 e. The molecule has 0 radical (unpaired) electrons. The number of benzene rings is 2. The molecule has 2 fully saturated rings. The number of nitrogens with one attached hydrogen (secondary N) is 1. The quantitative estimate of drug-likeness (QED) is 0.611. The lowest BCUT2D eigenvalue weighted by Crippen LogP contribution is -2.38. The van der Waals surface area contributed by atoms with Crippen LogP contribution in [0.4, 0.5) is 34.6 Å². The maximum absolute atomic E-state index is 14.7. The zero-order chi connectivity index (χ0) is 24.5. The van der Waals surface area contributed by atoms with E-state index in [0.717, 1.165) is 5.69 Å². The number of anilines is 3. The summed E-state index contributed by atoms with van der Waals surface area (Å²) in [5, 5.41) is 3.00. The molecule has 0 aliphatic carbocycles. The third-order valence-electron chi connectivity index (χ3n) is 6.49. The van der Waals surface area contributed by atoms with E-state index in [9.17, 15) is 27.2 Å². The Bertz CT molecular complexity index is 1050. The van der Waals surface area contributed by atoms with Crippen LogP contribution in [0.15, 0.2) is 42.5 Å². The van der Waals surface area contributed by atoms with Gasteiger partial charge >= 0.3 is 6.18 Å². The van der Waals surface area contributed by atoms with E-state index in [1.165, 1.54) is 11.0 Å². The highest BCUT2D eigenvalue weighted by Gasteiger charge is 2.41. The monoisotopic (exact) mass is 478 g/mol. The lowest BCUT2D eigenvalue weighted by atomic mass is 9.96. The molecule has 0 bridgehead atoms. The number of rotatable bonds is 6. The largest absolute Gasteiger partial charge is 0.391 e. The molecule has 2 saturated heterocycles. The number of hydrogen-bond acceptors (Lipinski definition) is 4.